The van der Waals surface area contributed by atoms with Gasteiger partial charge in [-0.15, -0.1) is 0 Å². The predicted octanol–water partition coefficient (Wildman–Crippen LogP) is 2.40. The van der Waals surface area contributed by atoms with Crippen LogP contribution in [-0.2, 0) is 9.84 Å². The molecule has 1 aromatic heterocycles. The lowest BCUT2D eigenvalue weighted by molar-refractivity contribution is 0.0936. The highest BCUT2D eigenvalue weighted by Crippen LogP contribution is 2.20. The van der Waals surface area contributed by atoms with E-state index in [0.29, 0.717) is 17.1 Å². The smallest absolute Gasteiger partial charge is 0.270 e. The van der Waals surface area contributed by atoms with Crippen LogP contribution in [0.2, 0.25) is 5.02 Å². The molecule has 8 heteroatoms. The standard InChI is InChI=1S/C16H16ClN3O3S/c17-11-2-1-3-12(8-11)19-13-4-6-18-15(9-13)16(21)20-14-5-7-24(22,23)10-14/h1-4,6,8-9,14H,5,7,10H2,(H,18,19)(H,20,21). The van der Waals surface area contributed by atoms with Gasteiger partial charge in [-0.25, -0.2) is 8.42 Å². The number of nitrogens with zero attached hydrogens (tertiary/aromatic N) is 1. The Balaban J connectivity index is 1.69. The van der Waals surface area contributed by atoms with Gasteiger partial charge in [0.15, 0.2) is 9.84 Å². The maximum Gasteiger partial charge on any atom is 0.270 e. The van der Waals surface area contributed by atoms with Crippen molar-refractivity contribution in [2.75, 3.05) is 16.8 Å². The number of rotatable bonds is 4. The van der Waals surface area contributed by atoms with Gasteiger partial charge in [-0.3, -0.25) is 9.78 Å². The first-order valence-electron chi connectivity index (χ1n) is 7.41. The quantitative estimate of drug-likeness (QED) is 0.868. The molecule has 3 rings (SSSR count). The summed E-state index contributed by atoms with van der Waals surface area (Å²) in [6.45, 7) is 0. The van der Waals surface area contributed by atoms with Crippen LogP contribution in [0, 0.1) is 0 Å². The zero-order chi connectivity index (χ0) is 17.2. The van der Waals surface area contributed by atoms with Crippen molar-refractivity contribution in [1.29, 1.82) is 0 Å². The number of benzene rings is 1. The predicted molar refractivity (Wildman–Crippen MR) is 93.5 cm³/mol. The van der Waals surface area contributed by atoms with E-state index in [1.54, 1.807) is 24.3 Å². The van der Waals surface area contributed by atoms with Crippen LogP contribution in [0.5, 0.6) is 0 Å². The summed E-state index contributed by atoms with van der Waals surface area (Å²) >= 11 is 5.95. The summed E-state index contributed by atoms with van der Waals surface area (Å²) in [4.78, 5) is 16.3. The third-order valence-corrected chi connectivity index (χ3v) is 5.68. The van der Waals surface area contributed by atoms with E-state index in [1.807, 2.05) is 12.1 Å². The van der Waals surface area contributed by atoms with Gasteiger partial charge in [0.25, 0.3) is 5.91 Å². The second kappa shape index (κ2) is 6.78. The molecule has 0 radical (unpaired) electrons. The summed E-state index contributed by atoms with van der Waals surface area (Å²) in [5.41, 5.74) is 1.71. The van der Waals surface area contributed by atoms with Crippen LogP contribution in [0.3, 0.4) is 0 Å². The van der Waals surface area contributed by atoms with Crippen LogP contribution in [0.1, 0.15) is 16.9 Å². The minimum absolute atomic E-state index is 0.0147. The molecule has 2 heterocycles. The van der Waals surface area contributed by atoms with E-state index in [0.717, 1.165) is 5.69 Å². The third kappa shape index (κ3) is 4.24. The monoisotopic (exact) mass is 365 g/mol. The highest BCUT2D eigenvalue weighted by Gasteiger charge is 2.29. The molecule has 2 aromatic rings. The second-order valence-electron chi connectivity index (χ2n) is 5.64. The zero-order valence-corrected chi connectivity index (χ0v) is 14.3. The molecular formula is C16H16ClN3O3S. The first kappa shape index (κ1) is 16.7. The number of pyridine rings is 1. The molecule has 1 amide bonds. The SMILES string of the molecule is O=C(NC1CCS(=O)(=O)C1)c1cc(Nc2cccc(Cl)c2)ccn1. The van der Waals surface area contributed by atoms with Crippen molar-refractivity contribution in [1.82, 2.24) is 10.3 Å². The fourth-order valence-electron chi connectivity index (χ4n) is 2.53. The Morgan fingerprint density at radius 3 is 2.71 bits per heavy atom. The lowest BCUT2D eigenvalue weighted by Crippen LogP contribution is -2.36. The largest absolute Gasteiger partial charge is 0.355 e. The van der Waals surface area contributed by atoms with Gasteiger partial charge in [0.05, 0.1) is 11.5 Å². The van der Waals surface area contributed by atoms with E-state index in [-0.39, 0.29) is 29.1 Å². The number of hydrogen-bond acceptors (Lipinski definition) is 5. The maximum atomic E-state index is 12.3. The molecule has 1 aromatic carbocycles. The molecule has 1 saturated heterocycles. The number of nitrogens with one attached hydrogen (secondary N) is 2. The molecule has 2 N–H and O–H groups in total. The molecule has 1 fully saturated rings. The highest BCUT2D eigenvalue weighted by molar-refractivity contribution is 7.91. The van der Waals surface area contributed by atoms with E-state index in [2.05, 4.69) is 15.6 Å². The summed E-state index contributed by atoms with van der Waals surface area (Å²) in [7, 11) is -3.04. The van der Waals surface area contributed by atoms with Crippen LogP contribution < -0.4 is 10.6 Å². The lowest BCUT2D eigenvalue weighted by atomic mass is 10.2. The molecule has 1 aliphatic rings. The number of amides is 1. The van der Waals surface area contributed by atoms with E-state index < -0.39 is 9.84 Å². The van der Waals surface area contributed by atoms with E-state index in [9.17, 15) is 13.2 Å². The van der Waals surface area contributed by atoms with Crippen molar-refractivity contribution in [3.8, 4) is 0 Å². The molecule has 126 valence electrons. The van der Waals surface area contributed by atoms with Crippen molar-refractivity contribution in [3.05, 3.63) is 53.3 Å². The summed E-state index contributed by atoms with van der Waals surface area (Å²) in [5, 5.41) is 6.47. The molecule has 0 spiro atoms. The van der Waals surface area contributed by atoms with E-state index >= 15 is 0 Å². The fraction of sp³-hybridized carbons (Fsp3) is 0.250. The second-order valence-corrected chi connectivity index (χ2v) is 8.30. The summed E-state index contributed by atoms with van der Waals surface area (Å²) in [5.74, 6) is -0.284. The van der Waals surface area contributed by atoms with Crippen LogP contribution in [0.4, 0.5) is 11.4 Å². The van der Waals surface area contributed by atoms with Gasteiger partial charge in [0.2, 0.25) is 0 Å². The number of sulfone groups is 1. The van der Waals surface area contributed by atoms with Crippen molar-refractivity contribution in [2.45, 2.75) is 12.5 Å². The Morgan fingerprint density at radius 1 is 1.21 bits per heavy atom. The Kier molecular flexibility index (Phi) is 4.73. The zero-order valence-electron chi connectivity index (χ0n) is 12.7. The van der Waals surface area contributed by atoms with E-state index in [4.69, 9.17) is 11.6 Å². The molecule has 0 saturated carbocycles. The third-order valence-electron chi connectivity index (χ3n) is 3.67. The summed E-state index contributed by atoms with van der Waals surface area (Å²) < 4.78 is 22.9. The number of hydrogen-bond donors (Lipinski definition) is 2. The fourth-order valence-corrected chi connectivity index (χ4v) is 4.40. The van der Waals surface area contributed by atoms with Gasteiger partial charge < -0.3 is 10.6 Å². The van der Waals surface area contributed by atoms with Gasteiger partial charge in [-0.05, 0) is 36.8 Å². The number of carbonyl (C=O) groups is 1. The molecule has 6 nitrogen and oxygen atoms in total. The minimum atomic E-state index is -3.04. The van der Waals surface area contributed by atoms with Gasteiger partial charge >= 0.3 is 0 Å². The summed E-state index contributed by atoms with van der Waals surface area (Å²) in [6, 6.07) is 10.2. The molecule has 1 unspecified atom stereocenters. The summed E-state index contributed by atoms with van der Waals surface area (Å²) in [6.07, 6.45) is 1.96. The number of anilines is 2. The average molecular weight is 366 g/mol. The van der Waals surface area contributed by atoms with Gasteiger partial charge in [-0.1, -0.05) is 17.7 Å². The number of carbonyl (C=O) groups excluding carboxylic acids is 1. The van der Waals surface area contributed by atoms with Crippen LogP contribution in [0.15, 0.2) is 42.6 Å². The first-order valence-corrected chi connectivity index (χ1v) is 9.61. The molecule has 1 aliphatic heterocycles. The van der Waals surface area contributed by atoms with Crippen molar-refractivity contribution < 1.29 is 13.2 Å². The Morgan fingerprint density at radius 2 is 2.00 bits per heavy atom. The molecular weight excluding hydrogens is 350 g/mol. The number of aromatic nitrogens is 1. The van der Waals surface area contributed by atoms with Gasteiger partial charge in [0.1, 0.15) is 5.69 Å². The van der Waals surface area contributed by atoms with Gasteiger partial charge in [-0.2, -0.15) is 0 Å². The average Bonchev–Trinajstić information content (AvgIpc) is 2.86. The molecule has 0 aliphatic carbocycles. The topological polar surface area (TPSA) is 88.2 Å². The lowest BCUT2D eigenvalue weighted by Gasteiger charge is -2.11. The Labute approximate surface area is 145 Å². The molecule has 1 atom stereocenters. The molecule has 24 heavy (non-hydrogen) atoms. The maximum absolute atomic E-state index is 12.3. The van der Waals surface area contributed by atoms with Crippen molar-refractivity contribution >= 4 is 38.7 Å². The van der Waals surface area contributed by atoms with E-state index in [1.165, 1.54) is 6.20 Å². The molecule has 0 bridgehead atoms. The van der Waals surface area contributed by atoms with Gasteiger partial charge in [0, 0.05) is 28.6 Å². The Hall–Kier alpha value is -2.12. The van der Waals surface area contributed by atoms with Crippen LogP contribution in [-0.4, -0.2) is 36.9 Å². The first-order chi connectivity index (χ1) is 11.4. The highest BCUT2D eigenvalue weighted by atomic mass is 35.5. The Bertz CT molecular complexity index is 870. The number of halogens is 1. The van der Waals surface area contributed by atoms with Crippen molar-refractivity contribution in [3.63, 3.8) is 0 Å². The van der Waals surface area contributed by atoms with Crippen LogP contribution in [0.25, 0.3) is 0 Å². The van der Waals surface area contributed by atoms with Crippen molar-refractivity contribution in [2.24, 2.45) is 0 Å². The van der Waals surface area contributed by atoms with Crippen LogP contribution >= 0.6 is 11.6 Å². The minimum Gasteiger partial charge on any atom is -0.355 e. The normalized spacial score (nSPS) is 19.0.